The van der Waals surface area contributed by atoms with Gasteiger partial charge in [0.1, 0.15) is 0 Å². The highest BCUT2D eigenvalue weighted by atomic mass is 79.9. The van der Waals surface area contributed by atoms with Gasteiger partial charge in [0.15, 0.2) is 9.84 Å². The third-order valence-electron chi connectivity index (χ3n) is 2.69. The first-order valence-electron chi connectivity index (χ1n) is 5.20. The van der Waals surface area contributed by atoms with Gasteiger partial charge in [-0.2, -0.15) is 0 Å². The van der Waals surface area contributed by atoms with Crippen molar-refractivity contribution in [3.8, 4) is 0 Å². The van der Waals surface area contributed by atoms with Gasteiger partial charge in [-0.05, 0) is 46.9 Å². The Balaban J connectivity index is 1.73. The fourth-order valence-electron chi connectivity index (χ4n) is 1.88. The number of thiophene rings is 1. The molecule has 90 valence electrons. The van der Waals surface area contributed by atoms with Gasteiger partial charge >= 0.3 is 0 Å². The SMILES string of the molecule is O=S1(=O)CCC(CNCc2ccc(Br)s2)C1. The largest absolute Gasteiger partial charge is 0.312 e. The molecule has 2 heterocycles. The second-order valence-corrected chi connectivity index (χ2v) is 8.88. The molecule has 1 aromatic heterocycles. The third kappa shape index (κ3) is 3.55. The highest BCUT2D eigenvalue weighted by Gasteiger charge is 2.27. The fourth-order valence-corrected chi connectivity index (χ4v) is 5.19. The Morgan fingerprint density at radius 1 is 1.50 bits per heavy atom. The molecule has 0 spiro atoms. The summed E-state index contributed by atoms with van der Waals surface area (Å²) in [6.45, 7) is 1.63. The van der Waals surface area contributed by atoms with E-state index in [-0.39, 0.29) is 0 Å². The van der Waals surface area contributed by atoms with Gasteiger partial charge in [0.2, 0.25) is 0 Å². The first-order valence-corrected chi connectivity index (χ1v) is 8.63. The Hall–Kier alpha value is 0.0900. The van der Waals surface area contributed by atoms with Crippen LogP contribution in [0.3, 0.4) is 0 Å². The molecule has 0 saturated carbocycles. The monoisotopic (exact) mass is 323 g/mol. The summed E-state index contributed by atoms with van der Waals surface area (Å²) in [7, 11) is -2.73. The van der Waals surface area contributed by atoms with E-state index in [1.54, 1.807) is 11.3 Å². The van der Waals surface area contributed by atoms with Crippen molar-refractivity contribution in [2.45, 2.75) is 13.0 Å². The van der Waals surface area contributed by atoms with E-state index in [9.17, 15) is 8.42 Å². The second-order valence-electron chi connectivity index (χ2n) is 4.11. The highest BCUT2D eigenvalue weighted by Crippen LogP contribution is 2.22. The van der Waals surface area contributed by atoms with Crippen LogP contribution in [0.15, 0.2) is 15.9 Å². The van der Waals surface area contributed by atoms with Gasteiger partial charge in [0.25, 0.3) is 0 Å². The molecule has 16 heavy (non-hydrogen) atoms. The predicted molar refractivity (Wildman–Crippen MR) is 70.5 cm³/mol. The molecular weight excluding hydrogens is 310 g/mol. The quantitative estimate of drug-likeness (QED) is 0.922. The third-order valence-corrected chi connectivity index (χ3v) is 6.15. The van der Waals surface area contributed by atoms with Gasteiger partial charge in [-0.15, -0.1) is 11.3 Å². The first-order chi connectivity index (χ1) is 7.55. The molecule has 1 N–H and O–H groups in total. The molecule has 1 aromatic rings. The molecule has 1 saturated heterocycles. The van der Waals surface area contributed by atoms with Crippen molar-refractivity contribution in [3.63, 3.8) is 0 Å². The van der Waals surface area contributed by atoms with E-state index in [0.717, 1.165) is 23.3 Å². The van der Waals surface area contributed by atoms with Crippen LogP contribution in [0.25, 0.3) is 0 Å². The number of rotatable bonds is 4. The van der Waals surface area contributed by atoms with Crippen LogP contribution in [-0.2, 0) is 16.4 Å². The minimum atomic E-state index is -2.73. The maximum absolute atomic E-state index is 11.2. The zero-order valence-electron chi connectivity index (χ0n) is 8.78. The van der Waals surface area contributed by atoms with Crippen LogP contribution in [0.5, 0.6) is 0 Å². The molecule has 6 heteroatoms. The van der Waals surface area contributed by atoms with Crippen LogP contribution in [-0.4, -0.2) is 26.5 Å². The summed E-state index contributed by atoms with van der Waals surface area (Å²) in [5.41, 5.74) is 0. The Morgan fingerprint density at radius 2 is 2.31 bits per heavy atom. The molecule has 1 atom stereocenters. The summed E-state index contributed by atoms with van der Waals surface area (Å²) in [6, 6.07) is 4.11. The molecule has 3 nitrogen and oxygen atoms in total. The Kier molecular flexibility index (Phi) is 4.05. The van der Waals surface area contributed by atoms with Gasteiger partial charge in [0.05, 0.1) is 15.3 Å². The van der Waals surface area contributed by atoms with E-state index >= 15 is 0 Å². The smallest absolute Gasteiger partial charge is 0.150 e. The standard InChI is InChI=1S/C10H14BrNO2S2/c11-10-2-1-9(15-10)6-12-5-8-3-4-16(13,14)7-8/h1-2,8,12H,3-7H2. The van der Waals surface area contributed by atoms with Crippen molar-refractivity contribution in [2.24, 2.45) is 5.92 Å². The molecule has 0 amide bonds. The Bertz CT molecular complexity index is 455. The lowest BCUT2D eigenvalue weighted by molar-refractivity contribution is 0.522. The van der Waals surface area contributed by atoms with Gasteiger partial charge in [-0.3, -0.25) is 0 Å². The average Bonchev–Trinajstić information content (AvgIpc) is 2.73. The van der Waals surface area contributed by atoms with Crippen molar-refractivity contribution >= 4 is 37.1 Å². The summed E-state index contributed by atoms with van der Waals surface area (Å²) < 4.78 is 23.6. The molecule has 1 aliphatic heterocycles. The fraction of sp³-hybridized carbons (Fsp3) is 0.600. The summed E-state index contributed by atoms with van der Waals surface area (Å²) >= 11 is 5.12. The molecule has 2 rings (SSSR count). The lowest BCUT2D eigenvalue weighted by atomic mass is 10.1. The number of hydrogen-bond donors (Lipinski definition) is 1. The molecule has 1 aliphatic rings. The summed E-state index contributed by atoms with van der Waals surface area (Å²) in [5.74, 6) is 1.02. The van der Waals surface area contributed by atoms with Crippen molar-refractivity contribution < 1.29 is 8.42 Å². The predicted octanol–water partition coefficient (Wildman–Crippen LogP) is 2.03. The number of hydrogen-bond acceptors (Lipinski definition) is 4. The Labute approximate surface area is 108 Å². The van der Waals surface area contributed by atoms with E-state index in [1.807, 2.05) is 6.07 Å². The average molecular weight is 324 g/mol. The van der Waals surface area contributed by atoms with Crippen molar-refractivity contribution in [2.75, 3.05) is 18.1 Å². The van der Waals surface area contributed by atoms with Crippen LogP contribution in [0.4, 0.5) is 0 Å². The molecule has 0 aliphatic carbocycles. The van der Waals surface area contributed by atoms with Crippen LogP contribution in [0.1, 0.15) is 11.3 Å². The maximum Gasteiger partial charge on any atom is 0.150 e. The summed E-state index contributed by atoms with van der Waals surface area (Å²) in [5, 5.41) is 3.32. The van der Waals surface area contributed by atoms with E-state index in [4.69, 9.17) is 0 Å². The lowest BCUT2D eigenvalue weighted by Gasteiger charge is -2.08. The van der Waals surface area contributed by atoms with Crippen molar-refractivity contribution in [3.05, 3.63) is 20.8 Å². The van der Waals surface area contributed by atoms with E-state index in [2.05, 4.69) is 27.3 Å². The summed E-state index contributed by atoms with van der Waals surface area (Å²) in [6.07, 6.45) is 0.809. The molecule has 1 unspecified atom stereocenters. The maximum atomic E-state index is 11.2. The number of nitrogens with one attached hydrogen (secondary N) is 1. The normalized spacial score (nSPS) is 23.7. The van der Waals surface area contributed by atoms with Crippen molar-refractivity contribution in [1.29, 1.82) is 0 Å². The van der Waals surface area contributed by atoms with Crippen LogP contribution in [0.2, 0.25) is 0 Å². The van der Waals surface area contributed by atoms with Gasteiger partial charge < -0.3 is 5.32 Å². The van der Waals surface area contributed by atoms with E-state index in [0.29, 0.717) is 17.4 Å². The topological polar surface area (TPSA) is 46.2 Å². The van der Waals surface area contributed by atoms with E-state index < -0.39 is 9.84 Å². The van der Waals surface area contributed by atoms with Crippen LogP contribution < -0.4 is 5.32 Å². The lowest BCUT2D eigenvalue weighted by Crippen LogP contribution is -2.22. The highest BCUT2D eigenvalue weighted by molar-refractivity contribution is 9.11. The number of sulfone groups is 1. The molecule has 1 fully saturated rings. The molecule has 0 radical (unpaired) electrons. The molecule has 0 aromatic carbocycles. The molecular formula is C10H14BrNO2S2. The zero-order chi connectivity index (χ0) is 11.6. The van der Waals surface area contributed by atoms with Crippen molar-refractivity contribution in [1.82, 2.24) is 5.32 Å². The summed E-state index contributed by atoms with van der Waals surface area (Å²) in [4.78, 5) is 1.27. The van der Waals surface area contributed by atoms with Gasteiger partial charge in [-0.25, -0.2) is 8.42 Å². The van der Waals surface area contributed by atoms with E-state index in [1.165, 1.54) is 4.88 Å². The first kappa shape index (κ1) is 12.5. The minimum Gasteiger partial charge on any atom is -0.312 e. The van der Waals surface area contributed by atoms with Gasteiger partial charge in [-0.1, -0.05) is 0 Å². The van der Waals surface area contributed by atoms with Gasteiger partial charge in [0, 0.05) is 11.4 Å². The zero-order valence-corrected chi connectivity index (χ0v) is 12.0. The Morgan fingerprint density at radius 3 is 2.88 bits per heavy atom. The second kappa shape index (κ2) is 5.16. The van der Waals surface area contributed by atoms with Crippen LogP contribution >= 0.6 is 27.3 Å². The molecule has 0 bridgehead atoms. The van der Waals surface area contributed by atoms with Crippen LogP contribution in [0, 0.1) is 5.92 Å². The number of halogens is 1. The minimum absolute atomic E-state index is 0.299.